The number of rotatable bonds is 5. The van der Waals surface area contributed by atoms with Crippen molar-refractivity contribution in [2.45, 2.75) is 19.9 Å². The van der Waals surface area contributed by atoms with Crippen molar-refractivity contribution in [1.82, 2.24) is 0 Å². The number of aryl methyl sites for hydroxylation is 1. The molecule has 1 heterocycles. The van der Waals surface area contributed by atoms with E-state index in [4.69, 9.17) is 4.74 Å². The number of hydrogen-bond donors (Lipinski definition) is 0. The molecule has 0 spiro atoms. The van der Waals surface area contributed by atoms with Crippen LogP contribution in [0.4, 0.5) is 11.4 Å². The Balaban J connectivity index is 1.75. The van der Waals surface area contributed by atoms with Gasteiger partial charge < -0.3 is 9.64 Å². The maximum Gasteiger partial charge on any atom is 0.255 e. The molecule has 0 bridgehead atoms. The standard InChI is InChI=1S/C25H24N2O3/c1-3-30-22-15-13-21(14-16-22)27-23(28)17-26(20-11-9-18(2)10-12-20)25(29)24(27)19-7-5-4-6-8-19/h4-16,24H,3,17H2,1-2H3. The van der Waals surface area contributed by atoms with Gasteiger partial charge in [0.05, 0.1) is 6.61 Å². The molecule has 0 aliphatic carbocycles. The molecule has 3 aromatic rings. The predicted molar refractivity (Wildman–Crippen MR) is 118 cm³/mol. The molecule has 4 rings (SSSR count). The predicted octanol–water partition coefficient (Wildman–Crippen LogP) is 4.51. The lowest BCUT2D eigenvalue weighted by Gasteiger charge is -2.40. The average molecular weight is 400 g/mol. The Morgan fingerprint density at radius 3 is 2.13 bits per heavy atom. The number of nitrogens with zero attached hydrogens (tertiary/aromatic N) is 2. The van der Waals surface area contributed by atoms with Gasteiger partial charge in [0.2, 0.25) is 5.91 Å². The average Bonchev–Trinajstić information content (AvgIpc) is 2.77. The van der Waals surface area contributed by atoms with Crippen LogP contribution in [-0.2, 0) is 9.59 Å². The minimum absolute atomic E-state index is 0.00155. The Bertz CT molecular complexity index is 1030. The van der Waals surface area contributed by atoms with Crippen LogP contribution >= 0.6 is 0 Å². The first-order valence-electron chi connectivity index (χ1n) is 10.1. The second-order valence-electron chi connectivity index (χ2n) is 7.26. The van der Waals surface area contributed by atoms with Crippen LogP contribution in [0.2, 0.25) is 0 Å². The summed E-state index contributed by atoms with van der Waals surface area (Å²) in [6.07, 6.45) is 0. The van der Waals surface area contributed by atoms with E-state index < -0.39 is 6.04 Å². The van der Waals surface area contributed by atoms with E-state index in [0.29, 0.717) is 12.3 Å². The van der Waals surface area contributed by atoms with Gasteiger partial charge in [0.15, 0.2) is 0 Å². The molecule has 152 valence electrons. The van der Waals surface area contributed by atoms with Gasteiger partial charge in [-0.1, -0.05) is 48.0 Å². The molecule has 30 heavy (non-hydrogen) atoms. The van der Waals surface area contributed by atoms with Gasteiger partial charge in [0.1, 0.15) is 18.3 Å². The van der Waals surface area contributed by atoms with Gasteiger partial charge in [-0.05, 0) is 55.8 Å². The Kier molecular flexibility index (Phi) is 5.53. The van der Waals surface area contributed by atoms with Crippen molar-refractivity contribution in [3.8, 4) is 5.75 Å². The van der Waals surface area contributed by atoms with Crippen LogP contribution in [0.3, 0.4) is 0 Å². The fraction of sp³-hybridized carbons (Fsp3) is 0.200. The zero-order chi connectivity index (χ0) is 21.1. The SMILES string of the molecule is CCOc1ccc(N2C(=O)CN(c3ccc(C)cc3)C(=O)C2c2ccccc2)cc1. The third-order valence-electron chi connectivity index (χ3n) is 5.21. The minimum atomic E-state index is -0.730. The van der Waals surface area contributed by atoms with Crippen LogP contribution in [-0.4, -0.2) is 25.0 Å². The number of amides is 2. The maximum absolute atomic E-state index is 13.6. The van der Waals surface area contributed by atoms with Crippen LogP contribution in [0.5, 0.6) is 5.75 Å². The Labute approximate surface area is 176 Å². The van der Waals surface area contributed by atoms with Crippen molar-refractivity contribution in [2.24, 2.45) is 0 Å². The number of hydrogen-bond acceptors (Lipinski definition) is 3. The van der Waals surface area contributed by atoms with Crippen LogP contribution in [0.1, 0.15) is 24.1 Å². The van der Waals surface area contributed by atoms with Crippen LogP contribution in [0, 0.1) is 6.92 Å². The highest BCUT2D eigenvalue weighted by Gasteiger charge is 2.41. The molecule has 3 aromatic carbocycles. The van der Waals surface area contributed by atoms with Gasteiger partial charge in [-0.25, -0.2) is 0 Å². The van der Waals surface area contributed by atoms with Crippen molar-refractivity contribution in [2.75, 3.05) is 23.0 Å². The smallest absolute Gasteiger partial charge is 0.255 e. The Morgan fingerprint density at radius 1 is 0.867 bits per heavy atom. The number of benzene rings is 3. The number of piperazine rings is 1. The van der Waals surface area contributed by atoms with Gasteiger partial charge in [-0.15, -0.1) is 0 Å². The van der Waals surface area contributed by atoms with E-state index in [2.05, 4.69) is 0 Å². The first kappa shape index (κ1) is 19.7. The number of carbonyl (C=O) groups is 2. The maximum atomic E-state index is 13.6. The molecule has 0 radical (unpaired) electrons. The third-order valence-corrected chi connectivity index (χ3v) is 5.21. The van der Waals surface area contributed by atoms with Crippen molar-refractivity contribution >= 4 is 23.2 Å². The van der Waals surface area contributed by atoms with E-state index in [9.17, 15) is 9.59 Å². The zero-order valence-corrected chi connectivity index (χ0v) is 17.1. The highest BCUT2D eigenvalue weighted by molar-refractivity contribution is 6.14. The fourth-order valence-electron chi connectivity index (χ4n) is 3.72. The van der Waals surface area contributed by atoms with Crippen molar-refractivity contribution in [3.05, 3.63) is 90.0 Å². The van der Waals surface area contributed by atoms with Crippen LogP contribution in [0.15, 0.2) is 78.9 Å². The normalized spacial score (nSPS) is 16.7. The van der Waals surface area contributed by atoms with Crippen molar-refractivity contribution in [3.63, 3.8) is 0 Å². The highest BCUT2D eigenvalue weighted by atomic mass is 16.5. The summed E-state index contributed by atoms with van der Waals surface area (Å²) in [5.74, 6) is 0.473. The summed E-state index contributed by atoms with van der Waals surface area (Å²) >= 11 is 0. The summed E-state index contributed by atoms with van der Waals surface area (Å²) in [5, 5.41) is 0. The Hall–Kier alpha value is -3.60. The van der Waals surface area contributed by atoms with Crippen molar-refractivity contribution in [1.29, 1.82) is 0 Å². The summed E-state index contributed by atoms with van der Waals surface area (Å²) in [6.45, 7) is 4.48. The topological polar surface area (TPSA) is 49.9 Å². The van der Waals surface area contributed by atoms with Crippen LogP contribution in [0.25, 0.3) is 0 Å². The first-order chi connectivity index (χ1) is 14.6. The number of carbonyl (C=O) groups excluding carboxylic acids is 2. The molecule has 1 aliphatic heterocycles. The second kappa shape index (κ2) is 8.41. The van der Waals surface area contributed by atoms with Gasteiger partial charge >= 0.3 is 0 Å². The second-order valence-corrected chi connectivity index (χ2v) is 7.26. The van der Waals surface area contributed by atoms with Gasteiger partial charge in [0.25, 0.3) is 5.91 Å². The molecule has 5 heteroatoms. The summed E-state index contributed by atoms with van der Waals surface area (Å²) in [7, 11) is 0. The Morgan fingerprint density at radius 2 is 1.50 bits per heavy atom. The van der Waals surface area contributed by atoms with E-state index >= 15 is 0 Å². The molecule has 0 N–H and O–H groups in total. The summed E-state index contributed by atoms with van der Waals surface area (Å²) in [4.78, 5) is 30.1. The fourth-order valence-corrected chi connectivity index (χ4v) is 3.72. The van der Waals surface area contributed by atoms with E-state index in [1.165, 1.54) is 0 Å². The van der Waals surface area contributed by atoms with E-state index in [1.54, 1.807) is 9.80 Å². The minimum Gasteiger partial charge on any atom is -0.494 e. The summed E-state index contributed by atoms with van der Waals surface area (Å²) in [5.41, 5.74) is 3.28. The largest absolute Gasteiger partial charge is 0.494 e. The van der Waals surface area contributed by atoms with Gasteiger partial charge in [0, 0.05) is 11.4 Å². The lowest BCUT2D eigenvalue weighted by molar-refractivity contribution is -0.128. The first-order valence-corrected chi connectivity index (χ1v) is 10.1. The van der Waals surface area contributed by atoms with Gasteiger partial charge in [-0.2, -0.15) is 0 Å². The van der Waals surface area contributed by atoms with E-state index in [-0.39, 0.29) is 18.4 Å². The molecule has 0 saturated carbocycles. The van der Waals surface area contributed by atoms with Crippen LogP contribution < -0.4 is 14.5 Å². The molecule has 1 aliphatic rings. The summed E-state index contributed by atoms with van der Waals surface area (Å²) in [6, 6.07) is 23.7. The molecule has 1 unspecified atom stereocenters. The molecule has 0 aromatic heterocycles. The molecular weight excluding hydrogens is 376 g/mol. The van der Waals surface area contributed by atoms with E-state index in [1.807, 2.05) is 92.7 Å². The number of ether oxygens (including phenoxy) is 1. The monoisotopic (exact) mass is 400 g/mol. The van der Waals surface area contributed by atoms with Crippen molar-refractivity contribution < 1.29 is 14.3 Å². The van der Waals surface area contributed by atoms with Gasteiger partial charge in [-0.3, -0.25) is 14.5 Å². The third kappa shape index (κ3) is 3.79. The lowest BCUT2D eigenvalue weighted by atomic mass is 9.99. The lowest BCUT2D eigenvalue weighted by Crippen LogP contribution is -2.56. The zero-order valence-electron chi connectivity index (χ0n) is 17.1. The molecular formula is C25H24N2O3. The molecule has 1 atom stereocenters. The van der Waals surface area contributed by atoms with E-state index in [0.717, 1.165) is 22.6 Å². The molecule has 1 fully saturated rings. The number of anilines is 2. The molecule has 1 saturated heterocycles. The highest BCUT2D eigenvalue weighted by Crippen LogP contribution is 2.35. The quantitative estimate of drug-likeness (QED) is 0.633. The summed E-state index contributed by atoms with van der Waals surface area (Å²) < 4.78 is 5.51. The molecule has 2 amide bonds. The molecule has 5 nitrogen and oxygen atoms in total.